The highest BCUT2D eigenvalue weighted by molar-refractivity contribution is 5.86. The van der Waals surface area contributed by atoms with Gasteiger partial charge >= 0.3 is 5.97 Å². The number of fused-ring (bicyclic) bond motifs is 1. The SMILES string of the molecule is CC(C)CCC(=O)NCC(=O)N[C@@H](CC(=O)O)c1ccc2ccccc2c1. The number of benzene rings is 2. The third kappa shape index (κ3) is 6.73. The first-order valence-electron chi connectivity index (χ1n) is 9.11. The molecule has 0 fully saturated rings. The van der Waals surface area contributed by atoms with Gasteiger partial charge < -0.3 is 15.7 Å². The van der Waals surface area contributed by atoms with Gasteiger partial charge in [0, 0.05) is 6.42 Å². The predicted octanol–water partition coefficient (Wildman–Crippen LogP) is 3.02. The molecule has 144 valence electrons. The summed E-state index contributed by atoms with van der Waals surface area (Å²) in [6, 6.07) is 12.7. The fraction of sp³-hybridized carbons (Fsp3) is 0.381. The summed E-state index contributed by atoms with van der Waals surface area (Å²) in [5.74, 6) is -1.18. The highest BCUT2D eigenvalue weighted by atomic mass is 16.4. The molecule has 0 spiro atoms. The lowest BCUT2D eigenvalue weighted by Gasteiger charge is -2.18. The second kappa shape index (κ2) is 9.71. The largest absolute Gasteiger partial charge is 0.481 e. The summed E-state index contributed by atoms with van der Waals surface area (Å²) in [6.07, 6.45) is 0.895. The molecule has 0 bridgehead atoms. The average molecular weight is 370 g/mol. The number of carbonyl (C=O) groups is 3. The standard InChI is InChI=1S/C21H26N2O4/c1-14(2)7-10-19(24)22-13-20(25)23-18(12-21(26)27)17-9-8-15-5-3-4-6-16(15)11-17/h3-6,8-9,11,14,18H,7,10,12-13H2,1-2H3,(H,22,24)(H,23,25)(H,26,27)/t18-/m0/s1. The van der Waals surface area contributed by atoms with Crippen molar-refractivity contribution in [1.29, 1.82) is 0 Å². The number of carboxylic acids is 1. The first-order valence-corrected chi connectivity index (χ1v) is 9.11. The Labute approximate surface area is 159 Å². The van der Waals surface area contributed by atoms with Crippen LogP contribution in [0, 0.1) is 5.92 Å². The molecule has 27 heavy (non-hydrogen) atoms. The van der Waals surface area contributed by atoms with Crippen LogP contribution in [-0.4, -0.2) is 29.4 Å². The number of hydrogen-bond acceptors (Lipinski definition) is 3. The van der Waals surface area contributed by atoms with Gasteiger partial charge in [-0.25, -0.2) is 0 Å². The molecule has 0 aromatic heterocycles. The fourth-order valence-electron chi connectivity index (χ4n) is 2.78. The van der Waals surface area contributed by atoms with E-state index in [-0.39, 0.29) is 18.9 Å². The van der Waals surface area contributed by atoms with Crippen LogP contribution >= 0.6 is 0 Å². The lowest BCUT2D eigenvalue weighted by molar-refractivity contribution is -0.138. The van der Waals surface area contributed by atoms with E-state index in [1.54, 1.807) is 0 Å². The van der Waals surface area contributed by atoms with Crippen LogP contribution in [0.3, 0.4) is 0 Å². The zero-order valence-corrected chi connectivity index (χ0v) is 15.7. The highest BCUT2D eigenvalue weighted by Crippen LogP contribution is 2.22. The fourth-order valence-corrected chi connectivity index (χ4v) is 2.78. The van der Waals surface area contributed by atoms with E-state index in [0.717, 1.165) is 22.8 Å². The van der Waals surface area contributed by atoms with Crippen LogP contribution < -0.4 is 10.6 Å². The summed E-state index contributed by atoms with van der Waals surface area (Å²) in [7, 11) is 0. The Bertz CT molecular complexity index is 817. The van der Waals surface area contributed by atoms with Crippen molar-refractivity contribution < 1.29 is 19.5 Å². The maximum Gasteiger partial charge on any atom is 0.305 e. The van der Waals surface area contributed by atoms with Gasteiger partial charge in [0.1, 0.15) is 0 Å². The van der Waals surface area contributed by atoms with Gasteiger partial charge in [0.2, 0.25) is 11.8 Å². The molecule has 0 aliphatic heterocycles. The molecule has 2 aromatic rings. The minimum absolute atomic E-state index is 0.166. The maximum atomic E-state index is 12.2. The van der Waals surface area contributed by atoms with Crippen molar-refractivity contribution in [2.75, 3.05) is 6.54 Å². The molecule has 0 aliphatic rings. The van der Waals surface area contributed by atoms with Crippen LogP contribution in [-0.2, 0) is 14.4 Å². The third-order valence-corrected chi connectivity index (χ3v) is 4.28. The van der Waals surface area contributed by atoms with E-state index < -0.39 is 17.9 Å². The van der Waals surface area contributed by atoms with Crippen molar-refractivity contribution in [3.63, 3.8) is 0 Å². The average Bonchev–Trinajstić information content (AvgIpc) is 2.63. The van der Waals surface area contributed by atoms with Crippen LogP contribution in [0.25, 0.3) is 10.8 Å². The molecule has 0 radical (unpaired) electrons. The molecule has 0 heterocycles. The van der Waals surface area contributed by atoms with Crippen molar-refractivity contribution in [3.05, 3.63) is 48.0 Å². The molecule has 2 rings (SSSR count). The summed E-state index contributed by atoms with van der Waals surface area (Å²) >= 11 is 0. The number of aliphatic carboxylic acids is 1. The summed E-state index contributed by atoms with van der Waals surface area (Å²) < 4.78 is 0. The Kier molecular flexibility index (Phi) is 7.34. The number of nitrogens with one attached hydrogen (secondary N) is 2. The van der Waals surface area contributed by atoms with E-state index in [1.165, 1.54) is 0 Å². The summed E-state index contributed by atoms with van der Waals surface area (Å²) in [6.45, 7) is 3.89. The first-order chi connectivity index (χ1) is 12.8. The van der Waals surface area contributed by atoms with Crippen LogP contribution in [0.1, 0.15) is 44.7 Å². The van der Waals surface area contributed by atoms with Crippen molar-refractivity contribution in [2.24, 2.45) is 5.92 Å². The molecule has 0 saturated carbocycles. The van der Waals surface area contributed by atoms with E-state index in [4.69, 9.17) is 0 Å². The van der Waals surface area contributed by atoms with Crippen molar-refractivity contribution in [3.8, 4) is 0 Å². The minimum Gasteiger partial charge on any atom is -0.481 e. The normalized spacial score (nSPS) is 12.0. The predicted molar refractivity (Wildman–Crippen MR) is 104 cm³/mol. The topological polar surface area (TPSA) is 95.5 Å². The van der Waals surface area contributed by atoms with E-state index >= 15 is 0 Å². The van der Waals surface area contributed by atoms with Crippen LogP contribution in [0.4, 0.5) is 0 Å². The second-order valence-electron chi connectivity index (χ2n) is 7.03. The molecule has 0 saturated heterocycles. The van der Waals surface area contributed by atoms with E-state index in [1.807, 2.05) is 56.3 Å². The van der Waals surface area contributed by atoms with Gasteiger partial charge in [-0.1, -0.05) is 50.2 Å². The maximum absolute atomic E-state index is 12.2. The van der Waals surface area contributed by atoms with Gasteiger partial charge in [-0.05, 0) is 34.7 Å². The molecule has 3 N–H and O–H groups in total. The number of amides is 2. The Morgan fingerprint density at radius 3 is 2.37 bits per heavy atom. The van der Waals surface area contributed by atoms with Gasteiger partial charge in [0.05, 0.1) is 19.0 Å². The third-order valence-electron chi connectivity index (χ3n) is 4.28. The molecular formula is C21H26N2O4. The Balaban J connectivity index is 2.01. The summed E-state index contributed by atoms with van der Waals surface area (Å²) in [4.78, 5) is 35.2. The molecule has 2 aromatic carbocycles. The van der Waals surface area contributed by atoms with E-state index in [9.17, 15) is 19.5 Å². The lowest BCUT2D eigenvalue weighted by atomic mass is 9.99. The molecule has 2 amide bonds. The Hall–Kier alpha value is -2.89. The quantitative estimate of drug-likeness (QED) is 0.632. The first kappa shape index (κ1) is 20.4. The summed E-state index contributed by atoms with van der Waals surface area (Å²) in [5, 5.41) is 16.5. The lowest BCUT2D eigenvalue weighted by Crippen LogP contribution is -2.39. The minimum atomic E-state index is -1.01. The molecule has 0 unspecified atom stereocenters. The smallest absolute Gasteiger partial charge is 0.305 e. The van der Waals surface area contributed by atoms with Crippen molar-refractivity contribution in [1.82, 2.24) is 10.6 Å². The van der Waals surface area contributed by atoms with Gasteiger partial charge in [-0.15, -0.1) is 0 Å². The highest BCUT2D eigenvalue weighted by Gasteiger charge is 2.19. The zero-order chi connectivity index (χ0) is 19.8. The monoisotopic (exact) mass is 370 g/mol. The van der Waals surface area contributed by atoms with E-state index in [0.29, 0.717) is 12.3 Å². The number of hydrogen-bond donors (Lipinski definition) is 3. The number of carboxylic acid groups (broad SMARTS) is 1. The molecule has 0 aliphatic carbocycles. The van der Waals surface area contributed by atoms with Crippen LogP contribution in [0.2, 0.25) is 0 Å². The second-order valence-corrected chi connectivity index (χ2v) is 7.03. The van der Waals surface area contributed by atoms with E-state index in [2.05, 4.69) is 10.6 Å². The molecule has 6 heteroatoms. The summed E-state index contributed by atoms with van der Waals surface area (Å²) in [5.41, 5.74) is 0.718. The van der Waals surface area contributed by atoms with Crippen LogP contribution in [0.15, 0.2) is 42.5 Å². The van der Waals surface area contributed by atoms with Crippen LogP contribution in [0.5, 0.6) is 0 Å². The molecular weight excluding hydrogens is 344 g/mol. The van der Waals surface area contributed by atoms with Crippen molar-refractivity contribution >= 4 is 28.6 Å². The zero-order valence-electron chi connectivity index (χ0n) is 15.7. The van der Waals surface area contributed by atoms with Gasteiger partial charge in [-0.3, -0.25) is 14.4 Å². The Morgan fingerprint density at radius 1 is 1.00 bits per heavy atom. The Morgan fingerprint density at radius 2 is 1.70 bits per heavy atom. The number of rotatable bonds is 9. The van der Waals surface area contributed by atoms with Gasteiger partial charge in [0.15, 0.2) is 0 Å². The van der Waals surface area contributed by atoms with Crippen molar-refractivity contribution in [2.45, 2.75) is 39.2 Å². The molecule has 1 atom stereocenters. The number of carbonyl (C=O) groups excluding carboxylic acids is 2. The molecule has 6 nitrogen and oxygen atoms in total. The van der Waals surface area contributed by atoms with Gasteiger partial charge in [0.25, 0.3) is 0 Å². The van der Waals surface area contributed by atoms with Gasteiger partial charge in [-0.2, -0.15) is 0 Å².